The van der Waals surface area contributed by atoms with Gasteiger partial charge in [0, 0.05) is 11.4 Å². The van der Waals surface area contributed by atoms with Crippen LogP contribution in [0.15, 0.2) is 66.9 Å². The predicted octanol–water partition coefficient (Wildman–Crippen LogP) is 5.59. The van der Waals surface area contributed by atoms with Gasteiger partial charge in [-0.15, -0.1) is 0 Å². The molecule has 3 aromatic rings. The number of carbonyl (C=O) groups is 1. The molecule has 5 heteroatoms. The Morgan fingerprint density at radius 3 is 2.07 bits per heavy atom. The van der Waals surface area contributed by atoms with Crippen LogP contribution in [0.3, 0.4) is 0 Å². The second-order valence-electron chi connectivity index (χ2n) is 6.16. The van der Waals surface area contributed by atoms with E-state index in [1.165, 1.54) is 11.1 Å². The maximum Gasteiger partial charge on any atom is 0.323 e. The Kier molecular flexibility index (Phi) is 6.05. The van der Waals surface area contributed by atoms with E-state index < -0.39 is 0 Å². The van der Waals surface area contributed by atoms with E-state index in [1.54, 1.807) is 6.20 Å². The summed E-state index contributed by atoms with van der Waals surface area (Å²) in [5.74, 6) is 0.750. The number of aryl methyl sites for hydroxylation is 2. The molecular weight excluding hydrogens is 336 g/mol. The van der Waals surface area contributed by atoms with Crippen molar-refractivity contribution in [3.63, 3.8) is 0 Å². The van der Waals surface area contributed by atoms with Crippen molar-refractivity contribution in [3.8, 4) is 0 Å². The summed E-state index contributed by atoms with van der Waals surface area (Å²) in [7, 11) is 0. The van der Waals surface area contributed by atoms with E-state index in [4.69, 9.17) is 0 Å². The number of hydrogen-bond acceptors (Lipinski definition) is 3. The van der Waals surface area contributed by atoms with E-state index in [9.17, 15) is 4.79 Å². The molecule has 27 heavy (non-hydrogen) atoms. The topological polar surface area (TPSA) is 66.0 Å². The zero-order chi connectivity index (χ0) is 19.1. The molecule has 3 N–H and O–H groups in total. The number of amides is 2. The summed E-state index contributed by atoms with van der Waals surface area (Å²) in [5.41, 5.74) is 5.02. The van der Waals surface area contributed by atoms with Gasteiger partial charge in [0.1, 0.15) is 5.82 Å². The molecule has 0 saturated heterocycles. The highest BCUT2D eigenvalue weighted by atomic mass is 16.2. The summed E-state index contributed by atoms with van der Waals surface area (Å²) in [4.78, 5) is 16.5. The number of pyridine rings is 1. The van der Waals surface area contributed by atoms with Crippen LogP contribution < -0.4 is 16.0 Å². The lowest BCUT2D eigenvalue weighted by Gasteiger charge is -2.15. The van der Waals surface area contributed by atoms with Crippen LogP contribution in [-0.2, 0) is 12.8 Å². The molecule has 0 aliphatic rings. The molecule has 0 unspecified atom stereocenters. The smallest absolute Gasteiger partial charge is 0.323 e. The Balaban J connectivity index is 1.67. The number of urea groups is 1. The predicted molar refractivity (Wildman–Crippen MR) is 112 cm³/mol. The molecule has 0 saturated carbocycles. The summed E-state index contributed by atoms with van der Waals surface area (Å²) in [6.45, 7) is 4.29. The van der Waals surface area contributed by atoms with Gasteiger partial charge in [0.2, 0.25) is 0 Å². The zero-order valence-corrected chi connectivity index (χ0v) is 15.6. The van der Waals surface area contributed by atoms with Gasteiger partial charge in [0.05, 0.1) is 11.9 Å². The number of hydrogen-bond donors (Lipinski definition) is 3. The first kappa shape index (κ1) is 18.5. The third kappa shape index (κ3) is 4.85. The van der Waals surface area contributed by atoms with Crippen LogP contribution in [0, 0.1) is 0 Å². The Labute approximate surface area is 159 Å². The average Bonchev–Trinajstić information content (AvgIpc) is 2.70. The van der Waals surface area contributed by atoms with Crippen molar-refractivity contribution < 1.29 is 4.79 Å². The highest BCUT2D eigenvalue weighted by Crippen LogP contribution is 2.26. The fourth-order valence-corrected chi connectivity index (χ4v) is 2.89. The van der Waals surface area contributed by atoms with Crippen LogP contribution in [0.4, 0.5) is 27.7 Å². The van der Waals surface area contributed by atoms with Crippen molar-refractivity contribution in [3.05, 3.63) is 78.0 Å². The lowest BCUT2D eigenvalue weighted by atomic mass is 10.0. The van der Waals surface area contributed by atoms with E-state index in [2.05, 4.69) is 53.0 Å². The van der Waals surface area contributed by atoms with Crippen molar-refractivity contribution in [2.24, 2.45) is 0 Å². The first-order chi connectivity index (χ1) is 13.2. The number of benzene rings is 2. The van der Waals surface area contributed by atoms with Gasteiger partial charge in [-0.3, -0.25) is 0 Å². The number of nitrogens with one attached hydrogen (secondary N) is 3. The molecule has 0 aliphatic heterocycles. The van der Waals surface area contributed by atoms with Gasteiger partial charge in [0.15, 0.2) is 0 Å². The highest BCUT2D eigenvalue weighted by Gasteiger charge is 2.08. The van der Waals surface area contributed by atoms with Crippen LogP contribution in [0.2, 0.25) is 0 Å². The van der Waals surface area contributed by atoms with Gasteiger partial charge in [-0.05, 0) is 48.2 Å². The number of aromatic nitrogens is 1. The molecule has 0 radical (unpaired) electrons. The monoisotopic (exact) mass is 360 g/mol. The lowest BCUT2D eigenvalue weighted by molar-refractivity contribution is 0.262. The van der Waals surface area contributed by atoms with Crippen LogP contribution in [0.1, 0.15) is 25.0 Å². The molecular formula is C22H24N4O. The molecule has 3 rings (SSSR count). The van der Waals surface area contributed by atoms with Crippen molar-refractivity contribution in [2.45, 2.75) is 26.7 Å². The number of para-hydroxylation sites is 2. The van der Waals surface area contributed by atoms with Gasteiger partial charge in [-0.25, -0.2) is 9.78 Å². The standard InChI is InChI=1S/C22H24N4O/c1-3-16-9-8-10-17(4-2)21(16)26-20-14-13-19(15-23-20)25-22(27)24-18-11-6-5-7-12-18/h5-15H,3-4H2,1-2H3,(H,23,26)(H2,24,25,27). The number of anilines is 4. The summed E-state index contributed by atoms with van der Waals surface area (Å²) in [6, 6.07) is 19.1. The number of carbonyl (C=O) groups excluding carboxylic acids is 1. The second kappa shape index (κ2) is 8.85. The number of nitrogens with zero attached hydrogens (tertiary/aromatic N) is 1. The van der Waals surface area contributed by atoms with Crippen LogP contribution >= 0.6 is 0 Å². The Morgan fingerprint density at radius 1 is 0.815 bits per heavy atom. The summed E-state index contributed by atoms with van der Waals surface area (Å²) >= 11 is 0. The fraction of sp³-hybridized carbons (Fsp3) is 0.182. The van der Waals surface area contributed by atoms with Crippen molar-refractivity contribution in [1.82, 2.24) is 4.98 Å². The minimum absolute atomic E-state index is 0.298. The maximum absolute atomic E-state index is 12.1. The molecule has 0 bridgehead atoms. The maximum atomic E-state index is 12.1. The van der Waals surface area contributed by atoms with Gasteiger partial charge in [-0.2, -0.15) is 0 Å². The molecule has 0 atom stereocenters. The summed E-state index contributed by atoms with van der Waals surface area (Å²) in [6.07, 6.45) is 3.55. The Hall–Kier alpha value is -3.34. The summed E-state index contributed by atoms with van der Waals surface area (Å²) in [5, 5.41) is 8.99. The van der Waals surface area contributed by atoms with E-state index in [-0.39, 0.29) is 6.03 Å². The van der Waals surface area contributed by atoms with Gasteiger partial charge >= 0.3 is 6.03 Å². The van der Waals surface area contributed by atoms with E-state index >= 15 is 0 Å². The van der Waals surface area contributed by atoms with Crippen LogP contribution in [0.5, 0.6) is 0 Å². The van der Waals surface area contributed by atoms with Crippen molar-refractivity contribution >= 4 is 28.9 Å². The minimum atomic E-state index is -0.298. The van der Waals surface area contributed by atoms with Crippen molar-refractivity contribution in [1.29, 1.82) is 0 Å². The zero-order valence-electron chi connectivity index (χ0n) is 15.6. The lowest BCUT2D eigenvalue weighted by Crippen LogP contribution is -2.19. The quantitative estimate of drug-likeness (QED) is 0.536. The molecule has 0 fully saturated rings. The largest absolute Gasteiger partial charge is 0.340 e. The Morgan fingerprint density at radius 2 is 1.48 bits per heavy atom. The molecule has 2 aromatic carbocycles. The normalized spacial score (nSPS) is 10.3. The van der Waals surface area contributed by atoms with Crippen LogP contribution in [-0.4, -0.2) is 11.0 Å². The summed E-state index contributed by atoms with van der Waals surface area (Å²) < 4.78 is 0. The van der Waals surface area contributed by atoms with Crippen LogP contribution in [0.25, 0.3) is 0 Å². The molecule has 0 aliphatic carbocycles. The third-order valence-electron chi connectivity index (χ3n) is 4.30. The first-order valence-electron chi connectivity index (χ1n) is 9.16. The molecule has 5 nitrogen and oxygen atoms in total. The van der Waals surface area contributed by atoms with E-state index in [1.807, 2.05) is 42.5 Å². The van der Waals surface area contributed by atoms with Crippen molar-refractivity contribution in [2.75, 3.05) is 16.0 Å². The van der Waals surface area contributed by atoms with Gasteiger partial charge < -0.3 is 16.0 Å². The first-order valence-corrected chi connectivity index (χ1v) is 9.16. The molecule has 1 aromatic heterocycles. The molecule has 2 amide bonds. The highest BCUT2D eigenvalue weighted by molar-refractivity contribution is 5.99. The number of rotatable bonds is 6. The fourth-order valence-electron chi connectivity index (χ4n) is 2.89. The van der Waals surface area contributed by atoms with E-state index in [0.29, 0.717) is 5.69 Å². The third-order valence-corrected chi connectivity index (χ3v) is 4.30. The minimum Gasteiger partial charge on any atom is -0.340 e. The average molecular weight is 360 g/mol. The molecule has 0 spiro atoms. The van der Waals surface area contributed by atoms with Gasteiger partial charge in [-0.1, -0.05) is 50.2 Å². The Bertz CT molecular complexity index is 870. The van der Waals surface area contributed by atoms with E-state index in [0.717, 1.165) is 30.0 Å². The second-order valence-corrected chi connectivity index (χ2v) is 6.16. The molecule has 1 heterocycles. The SMILES string of the molecule is CCc1cccc(CC)c1Nc1ccc(NC(=O)Nc2ccccc2)cn1. The molecule has 138 valence electrons. The van der Waals surface area contributed by atoms with Gasteiger partial charge in [0.25, 0.3) is 0 Å².